The minimum atomic E-state index is -0.528. The minimum Gasteiger partial charge on any atom is -0.223 e. The molecule has 1 aliphatic carbocycles. The van der Waals surface area contributed by atoms with Crippen molar-refractivity contribution in [2.75, 3.05) is 0 Å². The highest BCUT2D eigenvalue weighted by molar-refractivity contribution is 6.28. The Hall–Kier alpha value is -1.23. The van der Waals surface area contributed by atoms with Gasteiger partial charge in [-0.1, -0.05) is 13.3 Å². The van der Waals surface area contributed by atoms with Crippen molar-refractivity contribution in [1.82, 2.24) is 19.6 Å². The molecule has 0 spiro atoms. The van der Waals surface area contributed by atoms with Crippen LogP contribution in [0, 0.1) is 5.95 Å². The van der Waals surface area contributed by atoms with Crippen molar-refractivity contribution >= 4 is 17.1 Å². The van der Waals surface area contributed by atoms with Gasteiger partial charge >= 0.3 is 0 Å². The first-order valence-corrected chi connectivity index (χ1v) is 5.55. The SMILES string of the molecule is CC1(c2nc(F)c3cnc(Cl)nn23)CCC1. The molecule has 0 radical (unpaired) electrons. The average molecular weight is 241 g/mol. The Morgan fingerprint density at radius 1 is 1.50 bits per heavy atom. The predicted molar refractivity (Wildman–Crippen MR) is 57.0 cm³/mol. The van der Waals surface area contributed by atoms with Crippen LogP contribution in [-0.2, 0) is 5.41 Å². The number of imidazole rings is 1. The van der Waals surface area contributed by atoms with Gasteiger partial charge in [-0.2, -0.15) is 4.39 Å². The Labute approximate surface area is 96.5 Å². The fraction of sp³-hybridized carbons (Fsp3) is 0.500. The fourth-order valence-corrected chi connectivity index (χ4v) is 2.28. The molecule has 1 saturated carbocycles. The minimum absolute atomic E-state index is 0.0784. The average Bonchev–Trinajstić information content (AvgIpc) is 2.52. The third-order valence-electron chi connectivity index (χ3n) is 3.32. The number of nitrogens with zero attached hydrogens (tertiary/aromatic N) is 4. The maximum Gasteiger partial charge on any atom is 0.242 e. The molecule has 0 N–H and O–H groups in total. The third kappa shape index (κ3) is 1.24. The van der Waals surface area contributed by atoms with E-state index in [1.807, 2.05) is 0 Å². The van der Waals surface area contributed by atoms with Crippen LogP contribution in [0.25, 0.3) is 5.52 Å². The van der Waals surface area contributed by atoms with Crippen LogP contribution in [0.2, 0.25) is 5.28 Å². The lowest BCUT2D eigenvalue weighted by molar-refractivity contribution is 0.251. The van der Waals surface area contributed by atoms with Crippen LogP contribution in [0.4, 0.5) is 4.39 Å². The van der Waals surface area contributed by atoms with Crippen molar-refractivity contribution in [2.45, 2.75) is 31.6 Å². The van der Waals surface area contributed by atoms with Crippen LogP contribution in [-0.4, -0.2) is 19.6 Å². The topological polar surface area (TPSA) is 43.1 Å². The highest BCUT2D eigenvalue weighted by Gasteiger charge is 2.38. The zero-order valence-electron chi connectivity index (χ0n) is 8.74. The molecule has 0 amide bonds. The standard InChI is InChI=1S/C10H10ClFN4/c1-10(3-2-4-10)8-14-7(12)6-5-13-9(11)15-16(6)8/h5H,2-4H2,1H3. The van der Waals surface area contributed by atoms with Crippen molar-refractivity contribution < 1.29 is 4.39 Å². The molecule has 0 saturated heterocycles. The summed E-state index contributed by atoms with van der Waals surface area (Å²) in [6.07, 6.45) is 4.52. The molecule has 16 heavy (non-hydrogen) atoms. The van der Waals surface area contributed by atoms with Crippen molar-refractivity contribution in [1.29, 1.82) is 0 Å². The number of rotatable bonds is 1. The first kappa shape index (κ1) is 9.96. The van der Waals surface area contributed by atoms with Gasteiger partial charge in [-0.15, -0.1) is 5.10 Å². The van der Waals surface area contributed by atoms with Gasteiger partial charge in [0.05, 0.1) is 6.20 Å². The van der Waals surface area contributed by atoms with Gasteiger partial charge < -0.3 is 0 Å². The Balaban J connectivity index is 2.28. The lowest BCUT2D eigenvalue weighted by Crippen LogP contribution is -2.33. The van der Waals surface area contributed by atoms with Crippen molar-refractivity contribution in [2.24, 2.45) is 0 Å². The van der Waals surface area contributed by atoms with Crippen LogP contribution in [0.1, 0.15) is 32.0 Å². The van der Waals surface area contributed by atoms with Gasteiger partial charge in [0.1, 0.15) is 11.3 Å². The van der Waals surface area contributed by atoms with E-state index in [1.165, 1.54) is 10.7 Å². The van der Waals surface area contributed by atoms with E-state index in [1.54, 1.807) is 0 Å². The highest BCUT2D eigenvalue weighted by Crippen LogP contribution is 2.42. The molecular weight excluding hydrogens is 231 g/mol. The largest absolute Gasteiger partial charge is 0.242 e. The lowest BCUT2D eigenvalue weighted by atomic mass is 9.70. The molecule has 2 aromatic heterocycles. The Bertz CT molecular complexity index is 561. The zero-order chi connectivity index (χ0) is 11.3. The first-order chi connectivity index (χ1) is 7.60. The predicted octanol–water partition coefficient (Wildman–Crippen LogP) is 2.36. The molecule has 84 valence electrons. The Kier molecular flexibility index (Phi) is 1.95. The van der Waals surface area contributed by atoms with Crippen molar-refractivity contribution in [3.05, 3.63) is 23.3 Å². The third-order valence-corrected chi connectivity index (χ3v) is 3.49. The van der Waals surface area contributed by atoms with E-state index in [4.69, 9.17) is 11.6 Å². The molecule has 3 rings (SSSR count). The van der Waals surface area contributed by atoms with E-state index >= 15 is 0 Å². The molecule has 6 heteroatoms. The van der Waals surface area contributed by atoms with Crippen LogP contribution < -0.4 is 0 Å². The quantitative estimate of drug-likeness (QED) is 0.769. The van der Waals surface area contributed by atoms with Crippen molar-refractivity contribution in [3.8, 4) is 0 Å². The maximum absolute atomic E-state index is 13.6. The summed E-state index contributed by atoms with van der Waals surface area (Å²) in [4.78, 5) is 7.72. The van der Waals surface area contributed by atoms with Crippen molar-refractivity contribution in [3.63, 3.8) is 0 Å². The molecule has 0 unspecified atom stereocenters. The second-order valence-electron chi connectivity index (χ2n) is 4.46. The summed E-state index contributed by atoms with van der Waals surface area (Å²) in [5.41, 5.74) is 0.206. The van der Waals surface area contributed by atoms with Gasteiger partial charge in [-0.05, 0) is 24.4 Å². The van der Waals surface area contributed by atoms with Crippen LogP contribution in [0.15, 0.2) is 6.20 Å². The maximum atomic E-state index is 13.6. The summed E-state index contributed by atoms with van der Waals surface area (Å²) in [5.74, 6) is 0.121. The molecule has 2 heterocycles. The molecule has 0 atom stereocenters. The summed E-state index contributed by atoms with van der Waals surface area (Å²) in [6.45, 7) is 2.07. The Morgan fingerprint density at radius 3 is 2.88 bits per heavy atom. The summed E-state index contributed by atoms with van der Waals surface area (Å²) >= 11 is 5.72. The van der Waals surface area contributed by atoms with Gasteiger partial charge in [-0.25, -0.2) is 14.5 Å². The molecule has 0 aliphatic heterocycles. The van der Waals surface area contributed by atoms with E-state index in [0.717, 1.165) is 19.3 Å². The second kappa shape index (κ2) is 3.13. The van der Waals surface area contributed by atoms with Gasteiger partial charge in [0, 0.05) is 5.41 Å². The van der Waals surface area contributed by atoms with Crippen LogP contribution >= 0.6 is 11.6 Å². The smallest absolute Gasteiger partial charge is 0.223 e. The van der Waals surface area contributed by atoms with E-state index in [9.17, 15) is 4.39 Å². The number of fused-ring (bicyclic) bond motifs is 1. The molecule has 1 fully saturated rings. The Morgan fingerprint density at radius 2 is 2.25 bits per heavy atom. The van der Waals surface area contributed by atoms with Gasteiger partial charge in [0.15, 0.2) is 0 Å². The normalized spacial score (nSPS) is 18.7. The number of hydrogen-bond acceptors (Lipinski definition) is 3. The first-order valence-electron chi connectivity index (χ1n) is 5.17. The summed E-state index contributed by atoms with van der Waals surface area (Å²) in [6, 6.07) is 0. The van der Waals surface area contributed by atoms with Gasteiger partial charge in [-0.3, -0.25) is 0 Å². The van der Waals surface area contributed by atoms with Crippen LogP contribution in [0.5, 0.6) is 0 Å². The van der Waals surface area contributed by atoms with E-state index in [0.29, 0.717) is 5.82 Å². The van der Waals surface area contributed by atoms with Gasteiger partial charge in [0.2, 0.25) is 11.2 Å². The fourth-order valence-electron chi connectivity index (χ4n) is 2.15. The molecule has 1 aliphatic rings. The zero-order valence-corrected chi connectivity index (χ0v) is 9.50. The van der Waals surface area contributed by atoms with E-state index in [-0.39, 0.29) is 16.2 Å². The molecule has 0 aromatic carbocycles. The molecule has 4 nitrogen and oxygen atoms in total. The van der Waals surface area contributed by atoms with Gasteiger partial charge in [0.25, 0.3) is 0 Å². The van der Waals surface area contributed by atoms with E-state index in [2.05, 4.69) is 22.0 Å². The highest BCUT2D eigenvalue weighted by atomic mass is 35.5. The summed E-state index contributed by atoms with van der Waals surface area (Å²) in [7, 11) is 0. The number of halogens is 2. The second-order valence-corrected chi connectivity index (χ2v) is 4.80. The molecule has 2 aromatic rings. The van der Waals surface area contributed by atoms with Crippen LogP contribution in [0.3, 0.4) is 0 Å². The number of hydrogen-bond donors (Lipinski definition) is 0. The lowest BCUT2D eigenvalue weighted by Gasteiger charge is -2.36. The van der Waals surface area contributed by atoms with E-state index < -0.39 is 5.95 Å². The molecule has 0 bridgehead atoms. The monoisotopic (exact) mass is 240 g/mol. The number of aromatic nitrogens is 4. The summed E-state index contributed by atoms with van der Waals surface area (Å²) < 4.78 is 15.1. The molecular formula is C10H10ClFN4. The summed E-state index contributed by atoms with van der Waals surface area (Å²) in [5, 5.41) is 4.12.